The molecule has 2 unspecified atom stereocenters. The third-order valence-corrected chi connectivity index (χ3v) is 17.3. The van der Waals surface area contributed by atoms with E-state index in [1.165, 1.54) is 109 Å². The number of benzene rings is 5. The predicted octanol–water partition coefficient (Wildman–Crippen LogP) is 0.801. The van der Waals surface area contributed by atoms with Crippen molar-refractivity contribution >= 4 is 58.3 Å². The fraction of sp³-hybridized carbons (Fsp3) is 0.375. The standard InChI is InChI=1S/C64H66N4O29S/c1-28-13-41-57(77)67(63(83)91-24-30-5-9-34(10-6-30)93-61-51(73)47(69)49(71)53(95-61)59(79)80)39-20-45(43(87-3)18-37(39)55(75)65(41)22-28)89-26-32-15-33(17-36(16-32)97-98(85)86)27-90-46-21-40-38(19-44(46)88-4)56(76)66-23-29(2)14-42(66)58(78)68(40)64(84)92-25-31-7-11-35(12-8-31)94-62-52(74)48(70)50(72)54(96-62)60(81)82/h5-12,15-21,41-42,47-54,57-58,61-62,69-74,77-78,98H,1-2,13-14,22-27H2,3-4H3,(H,79,80)(H,81,82)/t41-,42-,47-,48-,49-,50-,51+,52+,53-,54-,57?,58?,61+,62+/m0/s1. The lowest BCUT2D eigenvalue weighted by molar-refractivity contribution is -0.271. The van der Waals surface area contributed by atoms with Crippen molar-refractivity contribution in [2.24, 2.45) is 0 Å². The summed E-state index contributed by atoms with van der Waals surface area (Å²) in [7, 11) is -0.933. The number of rotatable bonds is 20. The third kappa shape index (κ3) is 14.1. The van der Waals surface area contributed by atoms with Gasteiger partial charge >= 0.3 is 24.1 Å². The Morgan fingerprint density at radius 1 is 0.500 bits per heavy atom. The average Bonchev–Trinajstić information content (AvgIpc) is 1.62. The molecule has 4 saturated heterocycles. The summed E-state index contributed by atoms with van der Waals surface area (Å²) in [4.78, 5) is 85.2. The summed E-state index contributed by atoms with van der Waals surface area (Å²) >= 11 is 0. The minimum absolute atomic E-state index is 0.0200. The molecule has 6 aliphatic heterocycles. The number of carboxylic acid groups (broad SMARTS) is 2. The number of aliphatic hydroxyl groups is 8. The van der Waals surface area contributed by atoms with Crippen molar-refractivity contribution in [3.63, 3.8) is 0 Å². The maximum atomic E-state index is 14.4. The lowest BCUT2D eigenvalue weighted by atomic mass is 9.99. The lowest BCUT2D eigenvalue weighted by Gasteiger charge is -2.38. The number of fused-ring (bicyclic) bond motifs is 4. The molecule has 6 heterocycles. The zero-order valence-corrected chi connectivity index (χ0v) is 52.7. The largest absolute Gasteiger partial charge is 0.493 e. The Labute approximate surface area is 557 Å². The molecule has 0 spiro atoms. The van der Waals surface area contributed by atoms with Gasteiger partial charge in [0, 0.05) is 25.2 Å². The van der Waals surface area contributed by atoms with Gasteiger partial charge in [-0.3, -0.25) is 9.59 Å². The monoisotopic (exact) mass is 1390 g/mol. The molecule has 98 heavy (non-hydrogen) atoms. The van der Waals surface area contributed by atoms with Crippen molar-refractivity contribution in [2.75, 3.05) is 37.1 Å². The number of carbonyl (C=O) groups excluding carboxylic acids is 4. The number of carboxylic acids is 2. The molecule has 5 aromatic carbocycles. The van der Waals surface area contributed by atoms with Crippen LogP contribution in [0.1, 0.15) is 55.8 Å². The maximum Gasteiger partial charge on any atom is 0.416 e. The van der Waals surface area contributed by atoms with Crippen LogP contribution in [0, 0.1) is 0 Å². The fourth-order valence-corrected chi connectivity index (χ4v) is 12.3. The van der Waals surface area contributed by atoms with Crippen molar-refractivity contribution in [1.29, 1.82) is 0 Å². The highest BCUT2D eigenvalue weighted by Gasteiger charge is 2.51. The van der Waals surface area contributed by atoms with Crippen LogP contribution in [0.25, 0.3) is 0 Å². The zero-order valence-electron chi connectivity index (χ0n) is 51.8. The molecule has 0 aromatic heterocycles. The first-order valence-corrected chi connectivity index (χ1v) is 31.1. The molecule has 11 rings (SSSR count). The number of nitrogens with zero attached hydrogens (tertiary/aromatic N) is 4. The highest BCUT2D eigenvalue weighted by atomic mass is 32.2. The predicted molar refractivity (Wildman–Crippen MR) is 329 cm³/mol. The zero-order chi connectivity index (χ0) is 70.3. The quantitative estimate of drug-likeness (QED) is 0.0379. The van der Waals surface area contributed by atoms with Crippen LogP contribution in [-0.4, -0.2) is 218 Å². The van der Waals surface area contributed by atoms with Gasteiger partial charge in [-0.25, -0.2) is 29.0 Å². The first-order valence-electron chi connectivity index (χ1n) is 30.0. The second-order valence-electron chi connectivity index (χ2n) is 23.5. The molecule has 0 aliphatic carbocycles. The number of aliphatic hydroxyl groups excluding tert-OH is 8. The van der Waals surface area contributed by atoms with E-state index in [0.29, 0.717) is 22.3 Å². The molecule has 34 heteroatoms. The summed E-state index contributed by atoms with van der Waals surface area (Å²) in [6, 6.07) is 18.6. The van der Waals surface area contributed by atoms with Gasteiger partial charge in [-0.15, -0.1) is 0 Å². The third-order valence-electron chi connectivity index (χ3n) is 17.0. The van der Waals surface area contributed by atoms with Crippen LogP contribution in [0.4, 0.5) is 21.0 Å². The van der Waals surface area contributed by atoms with Crippen molar-refractivity contribution in [3.05, 3.63) is 149 Å². The summed E-state index contributed by atoms with van der Waals surface area (Å²) in [5, 5.41) is 104. The van der Waals surface area contributed by atoms with E-state index in [1.54, 1.807) is 6.07 Å². The SMILES string of the molecule is C=C1C[C@H]2C(O)N(C(=O)OCc3ccc(O[C@@H]4O[C@H](C(=O)O)[C@@H](O)[C@H](O)[C@H]4O)cc3)c3cc(OCc4cc(COc5cc6c(cc5OC)C(=O)N5CC(=C)C[C@H]5C(O)N6C(=O)OCc5ccc(O[C@@H]6O[C@H](C(=O)O)[C@@H](O)[C@H](O)[C@H]6O)cc5)cc(O[SH](=O)=O)c4)c(OC)cc3C(=O)N2C1. The fourth-order valence-electron chi connectivity index (χ4n) is 12.1. The Morgan fingerprint density at radius 2 is 0.888 bits per heavy atom. The molecule has 33 nitrogen and oxygen atoms in total. The second-order valence-corrected chi connectivity index (χ2v) is 24.1. The minimum Gasteiger partial charge on any atom is -0.493 e. The highest BCUT2D eigenvalue weighted by Crippen LogP contribution is 2.45. The number of hydrogen-bond acceptors (Lipinski definition) is 27. The Kier molecular flexibility index (Phi) is 20.3. The van der Waals surface area contributed by atoms with Crippen molar-refractivity contribution in [1.82, 2.24) is 9.80 Å². The number of methoxy groups -OCH3 is 2. The maximum absolute atomic E-state index is 14.4. The van der Waals surface area contributed by atoms with Gasteiger partial charge in [0.15, 0.2) is 47.7 Å². The molecule has 5 aromatic rings. The van der Waals surface area contributed by atoms with E-state index in [4.69, 9.17) is 51.6 Å². The molecule has 4 fully saturated rings. The number of thiol groups is 1. The summed E-state index contributed by atoms with van der Waals surface area (Å²) in [5.41, 5.74) is 1.81. The van der Waals surface area contributed by atoms with Gasteiger partial charge in [0.2, 0.25) is 12.6 Å². The van der Waals surface area contributed by atoms with Gasteiger partial charge in [-0.2, -0.15) is 8.42 Å². The summed E-state index contributed by atoms with van der Waals surface area (Å²) in [6.07, 6.45) is -24.2. The first kappa shape index (κ1) is 69.5. The lowest BCUT2D eigenvalue weighted by Crippen LogP contribution is -2.61. The number of aliphatic carboxylic acids is 2. The highest BCUT2D eigenvalue weighted by molar-refractivity contribution is 7.67. The van der Waals surface area contributed by atoms with E-state index < -0.39 is 159 Å². The van der Waals surface area contributed by atoms with Crippen molar-refractivity contribution in [2.45, 2.75) is 125 Å². The van der Waals surface area contributed by atoms with E-state index >= 15 is 0 Å². The van der Waals surface area contributed by atoms with Crippen LogP contribution < -0.4 is 42.4 Å². The molecule has 0 radical (unpaired) electrons. The molecule has 14 atom stereocenters. The minimum atomic E-state index is -3.51. The van der Waals surface area contributed by atoms with Gasteiger partial charge in [0.1, 0.15) is 80.3 Å². The number of amides is 4. The van der Waals surface area contributed by atoms with Crippen LogP contribution in [0.15, 0.2) is 115 Å². The Morgan fingerprint density at radius 3 is 1.24 bits per heavy atom. The second kappa shape index (κ2) is 28.7. The Hall–Kier alpha value is -9.85. The van der Waals surface area contributed by atoms with Crippen LogP contribution in [-0.2, 0) is 65.9 Å². The van der Waals surface area contributed by atoms with E-state index in [9.17, 15) is 88.3 Å². The average molecular weight is 1390 g/mol. The molecular weight excluding hydrogens is 1320 g/mol. The molecular formula is C64H66N4O29S. The van der Waals surface area contributed by atoms with Crippen LogP contribution in [0.2, 0.25) is 0 Å². The van der Waals surface area contributed by atoms with Crippen LogP contribution >= 0.6 is 0 Å². The molecule has 4 amide bonds. The molecule has 10 N–H and O–H groups in total. The van der Waals surface area contributed by atoms with Crippen molar-refractivity contribution < 1.29 is 140 Å². The first-order chi connectivity index (χ1) is 46.7. The van der Waals surface area contributed by atoms with E-state index in [-0.39, 0.29) is 99.8 Å². The summed E-state index contributed by atoms with van der Waals surface area (Å²) < 4.78 is 86.2. The number of ether oxygens (including phenoxy) is 10. The summed E-state index contributed by atoms with van der Waals surface area (Å²) in [6.45, 7) is 6.41. The molecule has 6 aliphatic rings. The topological polar surface area (TPSA) is 453 Å². The number of hydrogen-bond donors (Lipinski definition) is 11. The number of carbonyl (C=O) groups is 6. The van der Waals surface area contributed by atoms with E-state index in [1.807, 2.05) is 0 Å². The van der Waals surface area contributed by atoms with Crippen LogP contribution in [0.3, 0.4) is 0 Å². The van der Waals surface area contributed by atoms with Gasteiger partial charge < -0.3 is 112 Å². The van der Waals surface area contributed by atoms with Crippen LogP contribution in [0.5, 0.6) is 40.2 Å². The molecule has 0 bridgehead atoms. The Balaban J connectivity index is 0.817. The molecule has 0 saturated carbocycles. The van der Waals surface area contributed by atoms with E-state index in [2.05, 4.69) is 13.2 Å². The van der Waals surface area contributed by atoms with Gasteiger partial charge in [-0.05, 0) is 89.7 Å². The normalized spacial score (nSPS) is 26.6. The Bertz CT molecular complexity index is 3770. The van der Waals surface area contributed by atoms with Gasteiger partial charge in [-0.1, -0.05) is 48.6 Å². The summed E-state index contributed by atoms with van der Waals surface area (Å²) in [5.74, 6) is -4.82. The van der Waals surface area contributed by atoms with E-state index in [0.717, 1.165) is 9.80 Å². The number of anilines is 2. The molecule has 522 valence electrons. The smallest absolute Gasteiger partial charge is 0.416 e. The van der Waals surface area contributed by atoms with Gasteiger partial charge in [0.05, 0.1) is 48.8 Å². The van der Waals surface area contributed by atoms with Gasteiger partial charge in [0.25, 0.3) is 22.8 Å². The van der Waals surface area contributed by atoms with Crippen molar-refractivity contribution in [3.8, 4) is 40.2 Å².